The Kier molecular flexibility index (Phi) is 2.63. The van der Waals surface area contributed by atoms with Crippen LogP contribution in [0.3, 0.4) is 0 Å². The van der Waals surface area contributed by atoms with Crippen LogP contribution in [0.5, 0.6) is 0 Å². The fourth-order valence-corrected chi connectivity index (χ4v) is 2.25. The van der Waals surface area contributed by atoms with E-state index in [0.717, 1.165) is 19.3 Å². The average molecular weight is 213 g/mol. The molecule has 0 saturated carbocycles. The maximum atomic E-state index is 11.5. The lowest BCUT2D eigenvalue weighted by Crippen LogP contribution is -2.43. The lowest BCUT2D eigenvalue weighted by Gasteiger charge is -2.24. The van der Waals surface area contributed by atoms with Gasteiger partial charge in [0, 0.05) is 0 Å². The van der Waals surface area contributed by atoms with E-state index >= 15 is 0 Å². The van der Waals surface area contributed by atoms with Gasteiger partial charge in [0.1, 0.15) is 5.60 Å². The minimum atomic E-state index is -0.428. The summed E-state index contributed by atoms with van der Waals surface area (Å²) in [6.07, 6.45) is 3.37. The quantitative estimate of drug-likeness (QED) is 0.723. The number of nitrogens with one attached hydrogen (secondary N) is 1. The number of rotatable bonds is 1. The van der Waals surface area contributed by atoms with Crippen LogP contribution >= 0.6 is 0 Å². The second kappa shape index (κ2) is 3.67. The first-order chi connectivity index (χ1) is 6.94. The smallest absolute Gasteiger partial charge is 0.407 e. The molecule has 0 radical (unpaired) electrons. The highest BCUT2D eigenvalue weighted by atomic mass is 16.6. The predicted octanol–water partition coefficient (Wildman–Crippen LogP) is 1.83. The van der Waals surface area contributed by atoms with E-state index < -0.39 is 5.60 Å². The summed E-state index contributed by atoms with van der Waals surface area (Å²) in [6.45, 7) is 5.59. The van der Waals surface area contributed by atoms with E-state index in [1.165, 1.54) is 0 Å². The Hall–Kier alpha value is -0.770. The third-order valence-corrected chi connectivity index (χ3v) is 2.81. The maximum absolute atomic E-state index is 11.5. The molecule has 86 valence electrons. The van der Waals surface area contributed by atoms with Crippen LogP contribution in [0.1, 0.15) is 40.0 Å². The van der Waals surface area contributed by atoms with Crippen molar-refractivity contribution in [1.29, 1.82) is 0 Å². The van der Waals surface area contributed by atoms with Crippen molar-refractivity contribution in [1.82, 2.24) is 5.32 Å². The van der Waals surface area contributed by atoms with Crippen molar-refractivity contribution >= 4 is 6.09 Å². The molecule has 3 atom stereocenters. The molecule has 15 heavy (non-hydrogen) atoms. The zero-order valence-electron chi connectivity index (χ0n) is 9.58. The van der Waals surface area contributed by atoms with Gasteiger partial charge in [-0.2, -0.15) is 0 Å². The van der Waals surface area contributed by atoms with Crippen molar-refractivity contribution in [3.8, 4) is 0 Å². The van der Waals surface area contributed by atoms with E-state index in [4.69, 9.17) is 9.47 Å². The predicted molar refractivity (Wildman–Crippen MR) is 55.7 cm³/mol. The molecule has 0 aliphatic carbocycles. The normalized spacial score (nSPS) is 34.2. The molecule has 2 aliphatic rings. The molecule has 4 heteroatoms. The molecule has 1 N–H and O–H groups in total. The molecule has 0 spiro atoms. The largest absolute Gasteiger partial charge is 0.444 e. The SMILES string of the molecule is CC(C)(C)OC(=O)N[C@@H]1C[C@@H]2CC[C@@H]1O2. The highest BCUT2D eigenvalue weighted by molar-refractivity contribution is 5.68. The zero-order valence-corrected chi connectivity index (χ0v) is 9.58. The molecule has 2 fully saturated rings. The second-order valence-corrected chi connectivity index (χ2v) is 5.36. The summed E-state index contributed by atoms with van der Waals surface area (Å²) in [5.74, 6) is 0. The van der Waals surface area contributed by atoms with Gasteiger partial charge in [-0.3, -0.25) is 0 Å². The number of fused-ring (bicyclic) bond motifs is 2. The number of carbonyl (C=O) groups excluding carboxylic acids is 1. The molecule has 4 nitrogen and oxygen atoms in total. The van der Waals surface area contributed by atoms with E-state index in [0.29, 0.717) is 6.10 Å². The zero-order chi connectivity index (χ0) is 11.1. The van der Waals surface area contributed by atoms with Crippen LogP contribution in [0, 0.1) is 0 Å². The number of amides is 1. The first-order valence-corrected chi connectivity index (χ1v) is 5.59. The van der Waals surface area contributed by atoms with E-state index in [-0.39, 0.29) is 18.2 Å². The Morgan fingerprint density at radius 3 is 2.60 bits per heavy atom. The summed E-state index contributed by atoms with van der Waals surface area (Å²) < 4.78 is 10.8. The van der Waals surface area contributed by atoms with E-state index in [1.54, 1.807) is 0 Å². The number of ether oxygens (including phenoxy) is 2. The minimum absolute atomic E-state index is 0.151. The Balaban J connectivity index is 1.80. The van der Waals surface area contributed by atoms with Gasteiger partial charge >= 0.3 is 6.09 Å². The fraction of sp³-hybridized carbons (Fsp3) is 0.909. The monoisotopic (exact) mass is 213 g/mol. The molecule has 0 aromatic carbocycles. The van der Waals surface area contributed by atoms with Crippen molar-refractivity contribution < 1.29 is 14.3 Å². The average Bonchev–Trinajstić information content (AvgIpc) is 2.60. The Labute approximate surface area is 90.3 Å². The van der Waals surface area contributed by atoms with Crippen LogP contribution in [0.4, 0.5) is 4.79 Å². The van der Waals surface area contributed by atoms with Crippen LogP contribution in [0.15, 0.2) is 0 Å². The summed E-state index contributed by atoms with van der Waals surface area (Å²) in [5, 5.41) is 2.88. The fourth-order valence-electron chi connectivity index (χ4n) is 2.25. The van der Waals surface area contributed by atoms with Crippen LogP contribution in [-0.2, 0) is 9.47 Å². The van der Waals surface area contributed by atoms with Gasteiger partial charge in [-0.25, -0.2) is 4.79 Å². The van der Waals surface area contributed by atoms with Gasteiger partial charge in [-0.05, 0) is 40.0 Å². The third kappa shape index (κ3) is 2.62. The van der Waals surface area contributed by atoms with Gasteiger partial charge in [0.05, 0.1) is 18.2 Å². The van der Waals surface area contributed by atoms with Crippen molar-refractivity contribution in [3.05, 3.63) is 0 Å². The molecule has 2 aliphatic heterocycles. The molecule has 2 rings (SSSR count). The van der Waals surface area contributed by atoms with Crippen molar-refractivity contribution in [2.45, 2.75) is 63.9 Å². The van der Waals surface area contributed by atoms with Crippen molar-refractivity contribution in [3.63, 3.8) is 0 Å². The highest BCUT2D eigenvalue weighted by Crippen LogP contribution is 2.34. The summed E-state index contributed by atoms with van der Waals surface area (Å²) in [4.78, 5) is 11.5. The number of hydrogen-bond acceptors (Lipinski definition) is 3. The molecule has 0 aromatic rings. The summed E-state index contributed by atoms with van der Waals surface area (Å²) in [7, 11) is 0. The Morgan fingerprint density at radius 2 is 2.13 bits per heavy atom. The Morgan fingerprint density at radius 1 is 1.40 bits per heavy atom. The minimum Gasteiger partial charge on any atom is -0.444 e. The molecule has 1 amide bonds. The third-order valence-electron chi connectivity index (χ3n) is 2.81. The second-order valence-electron chi connectivity index (χ2n) is 5.36. The van der Waals surface area contributed by atoms with Gasteiger partial charge in [-0.1, -0.05) is 0 Å². The van der Waals surface area contributed by atoms with Crippen LogP contribution in [0.2, 0.25) is 0 Å². The van der Waals surface area contributed by atoms with Gasteiger partial charge in [0.15, 0.2) is 0 Å². The van der Waals surface area contributed by atoms with Crippen LogP contribution in [-0.4, -0.2) is 29.9 Å². The summed E-state index contributed by atoms with van der Waals surface area (Å²) in [5.41, 5.74) is -0.428. The molecular formula is C11H19NO3. The first kappa shape index (κ1) is 10.7. The van der Waals surface area contributed by atoms with Crippen LogP contribution in [0.25, 0.3) is 0 Å². The maximum Gasteiger partial charge on any atom is 0.407 e. The van der Waals surface area contributed by atoms with E-state index in [1.807, 2.05) is 20.8 Å². The van der Waals surface area contributed by atoms with Crippen LogP contribution < -0.4 is 5.32 Å². The molecule has 0 unspecified atom stereocenters. The lowest BCUT2D eigenvalue weighted by molar-refractivity contribution is 0.0461. The molecule has 2 bridgehead atoms. The molecule has 0 aromatic heterocycles. The lowest BCUT2D eigenvalue weighted by atomic mass is 9.96. The topological polar surface area (TPSA) is 47.6 Å². The first-order valence-electron chi connectivity index (χ1n) is 5.59. The van der Waals surface area contributed by atoms with Gasteiger partial charge in [-0.15, -0.1) is 0 Å². The molecular weight excluding hydrogens is 194 g/mol. The molecule has 2 heterocycles. The van der Waals surface area contributed by atoms with Gasteiger partial charge in [0.2, 0.25) is 0 Å². The molecule has 2 saturated heterocycles. The van der Waals surface area contributed by atoms with Crippen molar-refractivity contribution in [2.24, 2.45) is 0 Å². The summed E-state index contributed by atoms with van der Waals surface area (Å²) in [6, 6.07) is 0.151. The summed E-state index contributed by atoms with van der Waals surface area (Å²) >= 11 is 0. The highest BCUT2D eigenvalue weighted by Gasteiger charge is 2.41. The standard InChI is InChI=1S/C11H19NO3/c1-11(2,3)15-10(13)12-8-6-7-4-5-9(8)14-7/h7-9H,4-6H2,1-3H3,(H,12,13)/t7-,8+,9-/m0/s1. The number of carbonyl (C=O) groups is 1. The van der Waals surface area contributed by atoms with Crippen molar-refractivity contribution in [2.75, 3.05) is 0 Å². The van der Waals surface area contributed by atoms with E-state index in [2.05, 4.69) is 5.32 Å². The number of hydrogen-bond donors (Lipinski definition) is 1. The van der Waals surface area contributed by atoms with Gasteiger partial charge < -0.3 is 14.8 Å². The van der Waals surface area contributed by atoms with E-state index in [9.17, 15) is 4.79 Å². The van der Waals surface area contributed by atoms with Gasteiger partial charge in [0.25, 0.3) is 0 Å². The number of alkyl carbamates (subject to hydrolysis) is 1. The Bertz CT molecular complexity index is 259.